The molecule has 1 fully saturated rings. The number of fused-ring (bicyclic) bond motifs is 3. The maximum Gasteiger partial charge on any atom is 0.119 e. The van der Waals surface area contributed by atoms with E-state index < -0.39 is 0 Å². The minimum Gasteiger partial charge on any atom is -0.494 e. The highest BCUT2D eigenvalue weighted by Crippen LogP contribution is 2.32. The van der Waals surface area contributed by atoms with Crippen LogP contribution in [0.25, 0.3) is 5.57 Å². The molecule has 1 aromatic rings. The van der Waals surface area contributed by atoms with Crippen LogP contribution in [0.15, 0.2) is 29.4 Å². The molecule has 128 valence electrons. The number of ether oxygens (including phenoxy) is 1. The summed E-state index contributed by atoms with van der Waals surface area (Å²) in [6.07, 6.45) is 8.12. The zero-order valence-corrected chi connectivity index (χ0v) is 14.6. The van der Waals surface area contributed by atoms with Gasteiger partial charge in [-0.05, 0) is 68.8 Å². The smallest absolute Gasteiger partial charge is 0.119 e. The van der Waals surface area contributed by atoms with Gasteiger partial charge in [0.25, 0.3) is 0 Å². The second-order valence-corrected chi connectivity index (χ2v) is 7.09. The lowest BCUT2D eigenvalue weighted by atomic mass is 9.85. The summed E-state index contributed by atoms with van der Waals surface area (Å²) in [5, 5.41) is 4.44. The Hall–Kier alpha value is -1.81. The maximum absolute atomic E-state index is 6.01. The van der Waals surface area contributed by atoms with Gasteiger partial charge in [-0.25, -0.2) is 0 Å². The third-order valence-electron chi connectivity index (χ3n) is 5.47. The molecule has 2 aliphatic heterocycles. The van der Waals surface area contributed by atoms with Gasteiger partial charge in [-0.3, -0.25) is 0 Å². The summed E-state index contributed by atoms with van der Waals surface area (Å²) in [4.78, 5) is 2.58. The number of hydrogen-bond acceptors (Lipinski definition) is 4. The third-order valence-corrected chi connectivity index (χ3v) is 5.47. The van der Waals surface area contributed by atoms with E-state index in [1.807, 2.05) is 0 Å². The summed E-state index contributed by atoms with van der Waals surface area (Å²) in [5.74, 6) is 1.01. The summed E-state index contributed by atoms with van der Waals surface area (Å²) >= 11 is 0. The predicted octanol–water partition coefficient (Wildman–Crippen LogP) is 3.23. The fraction of sp³-hybridized carbons (Fsp3) is 0.550. The summed E-state index contributed by atoms with van der Waals surface area (Å²) in [5.41, 5.74) is 8.30. The van der Waals surface area contributed by atoms with Gasteiger partial charge in [0.05, 0.1) is 18.9 Å². The molecule has 0 radical (unpaired) electrons. The Morgan fingerprint density at radius 3 is 3.17 bits per heavy atom. The Kier molecular flexibility index (Phi) is 4.56. The Labute approximate surface area is 144 Å². The molecular formula is C20H27N3O. The molecule has 3 aliphatic rings. The molecule has 1 saturated heterocycles. The van der Waals surface area contributed by atoms with E-state index in [-0.39, 0.29) is 0 Å². The molecule has 0 amide bonds. The highest BCUT2D eigenvalue weighted by Gasteiger charge is 2.22. The van der Waals surface area contributed by atoms with E-state index in [0.29, 0.717) is 0 Å². The van der Waals surface area contributed by atoms with Gasteiger partial charge in [0, 0.05) is 18.2 Å². The minimum absolute atomic E-state index is 0.753. The first kappa shape index (κ1) is 15.7. The van der Waals surface area contributed by atoms with E-state index in [9.17, 15) is 0 Å². The molecule has 1 aliphatic carbocycles. The molecule has 24 heavy (non-hydrogen) atoms. The fourth-order valence-electron chi connectivity index (χ4n) is 4.09. The largest absolute Gasteiger partial charge is 0.494 e. The van der Waals surface area contributed by atoms with Gasteiger partial charge < -0.3 is 15.1 Å². The average molecular weight is 325 g/mol. The topological polar surface area (TPSA) is 36.9 Å². The molecular weight excluding hydrogens is 298 g/mol. The van der Waals surface area contributed by atoms with E-state index in [1.54, 1.807) is 0 Å². The van der Waals surface area contributed by atoms with Crippen molar-refractivity contribution in [2.75, 3.05) is 26.2 Å². The molecule has 0 saturated carbocycles. The lowest BCUT2D eigenvalue weighted by Gasteiger charge is -2.24. The van der Waals surface area contributed by atoms with Crippen molar-refractivity contribution in [3.63, 3.8) is 0 Å². The molecule has 4 nitrogen and oxygen atoms in total. The lowest BCUT2D eigenvalue weighted by Crippen LogP contribution is -2.28. The van der Waals surface area contributed by atoms with Crippen LogP contribution in [0.2, 0.25) is 0 Å². The number of likely N-dealkylation sites (tertiary alicyclic amines) is 1. The van der Waals surface area contributed by atoms with E-state index in [2.05, 4.69) is 46.6 Å². The fourth-order valence-corrected chi connectivity index (χ4v) is 4.09. The lowest BCUT2D eigenvalue weighted by molar-refractivity contribution is 0.230. The average Bonchev–Trinajstić information content (AvgIpc) is 3.03. The van der Waals surface area contributed by atoms with Gasteiger partial charge in [-0.1, -0.05) is 12.1 Å². The second kappa shape index (κ2) is 6.98. The van der Waals surface area contributed by atoms with Crippen molar-refractivity contribution in [3.8, 4) is 5.75 Å². The van der Waals surface area contributed by atoms with Crippen molar-refractivity contribution in [2.24, 2.45) is 5.10 Å². The molecule has 0 unspecified atom stereocenters. The van der Waals surface area contributed by atoms with Gasteiger partial charge in [-0.2, -0.15) is 5.10 Å². The molecule has 2 heterocycles. The first-order valence-electron chi connectivity index (χ1n) is 9.31. The van der Waals surface area contributed by atoms with Crippen LogP contribution in [0, 0.1) is 0 Å². The molecule has 1 aromatic carbocycles. The van der Waals surface area contributed by atoms with Gasteiger partial charge in [0.15, 0.2) is 0 Å². The summed E-state index contributed by atoms with van der Waals surface area (Å²) in [6.45, 7) is 6.39. The number of benzene rings is 1. The highest BCUT2D eigenvalue weighted by atomic mass is 16.5. The van der Waals surface area contributed by atoms with Crippen molar-refractivity contribution >= 4 is 11.3 Å². The van der Waals surface area contributed by atoms with Gasteiger partial charge in [-0.15, -0.1) is 0 Å². The van der Waals surface area contributed by atoms with Crippen LogP contribution in [0.5, 0.6) is 5.75 Å². The van der Waals surface area contributed by atoms with Crippen molar-refractivity contribution in [3.05, 3.63) is 35.4 Å². The summed E-state index contributed by atoms with van der Waals surface area (Å²) in [6, 6.07) is 7.30. The first-order chi connectivity index (χ1) is 11.8. The van der Waals surface area contributed by atoms with Crippen molar-refractivity contribution in [1.29, 1.82) is 0 Å². The SMILES string of the molecule is C[C@@H]1CCCN1CCCOc1ccc2c(c1)CCC1=NNCC=C12. The standard InChI is InChI=1S/C20H27N3O/c1-15-4-2-11-23(15)12-3-13-24-17-6-7-18-16(14-17)5-8-20-19(18)9-10-21-22-20/h6-7,9,14-15,21H,2-5,8,10-13H2,1H3/t15-/m1/s1. The number of rotatable bonds is 5. The zero-order chi connectivity index (χ0) is 16.4. The molecule has 4 rings (SSSR count). The van der Waals surface area contributed by atoms with Gasteiger partial charge in [0.1, 0.15) is 5.75 Å². The van der Waals surface area contributed by atoms with Gasteiger partial charge >= 0.3 is 0 Å². The Morgan fingerprint density at radius 2 is 2.29 bits per heavy atom. The first-order valence-corrected chi connectivity index (χ1v) is 9.31. The normalized spacial score (nSPS) is 23.0. The maximum atomic E-state index is 6.01. The van der Waals surface area contributed by atoms with E-state index >= 15 is 0 Å². The number of allylic oxidation sites excluding steroid dienone is 1. The molecule has 1 N–H and O–H groups in total. The van der Waals surface area contributed by atoms with Crippen molar-refractivity contribution < 1.29 is 4.74 Å². The summed E-state index contributed by atoms with van der Waals surface area (Å²) in [7, 11) is 0. The Morgan fingerprint density at radius 1 is 1.33 bits per heavy atom. The van der Waals surface area contributed by atoms with E-state index in [0.717, 1.165) is 50.8 Å². The van der Waals surface area contributed by atoms with Crippen LogP contribution >= 0.6 is 0 Å². The van der Waals surface area contributed by atoms with Crippen LogP contribution in [-0.2, 0) is 6.42 Å². The number of hydrazone groups is 1. The predicted molar refractivity (Wildman–Crippen MR) is 98.6 cm³/mol. The molecule has 0 bridgehead atoms. The third kappa shape index (κ3) is 3.20. The van der Waals surface area contributed by atoms with Crippen molar-refractivity contribution in [1.82, 2.24) is 10.3 Å². The number of nitrogens with zero attached hydrogens (tertiary/aromatic N) is 2. The monoisotopic (exact) mass is 325 g/mol. The zero-order valence-electron chi connectivity index (χ0n) is 14.6. The molecule has 0 spiro atoms. The molecule has 1 atom stereocenters. The van der Waals surface area contributed by atoms with Crippen LogP contribution in [0.4, 0.5) is 0 Å². The van der Waals surface area contributed by atoms with Crippen LogP contribution in [0.1, 0.15) is 43.7 Å². The van der Waals surface area contributed by atoms with E-state index in [4.69, 9.17) is 4.74 Å². The quantitative estimate of drug-likeness (QED) is 0.845. The molecule has 4 heteroatoms. The van der Waals surface area contributed by atoms with E-state index in [1.165, 1.54) is 41.8 Å². The second-order valence-electron chi connectivity index (χ2n) is 7.09. The molecule has 0 aromatic heterocycles. The van der Waals surface area contributed by atoms with Crippen molar-refractivity contribution in [2.45, 2.75) is 45.1 Å². The number of aryl methyl sites for hydroxylation is 1. The number of hydrogen-bond donors (Lipinski definition) is 1. The van der Waals surface area contributed by atoms with Crippen LogP contribution in [0.3, 0.4) is 0 Å². The summed E-state index contributed by atoms with van der Waals surface area (Å²) < 4.78 is 6.01. The highest BCUT2D eigenvalue weighted by molar-refractivity contribution is 6.25. The van der Waals surface area contributed by atoms with Gasteiger partial charge in [0.2, 0.25) is 0 Å². The van der Waals surface area contributed by atoms with Crippen LogP contribution < -0.4 is 10.2 Å². The van der Waals surface area contributed by atoms with Crippen LogP contribution in [-0.4, -0.2) is 42.9 Å². The number of nitrogens with one attached hydrogen (secondary N) is 1. The Bertz CT molecular complexity index is 665. The minimum atomic E-state index is 0.753. The Balaban J connectivity index is 1.34.